The number of ether oxygens (including phenoxy) is 1. The molecule has 0 aliphatic carbocycles. The van der Waals surface area contributed by atoms with Crippen molar-refractivity contribution in [3.8, 4) is 5.75 Å². The van der Waals surface area contributed by atoms with Gasteiger partial charge in [-0.1, -0.05) is 6.07 Å². The first-order chi connectivity index (χ1) is 13.6. The van der Waals surface area contributed by atoms with Crippen molar-refractivity contribution in [3.05, 3.63) is 47.9 Å². The monoisotopic (exact) mass is 421 g/mol. The maximum absolute atomic E-state index is 13.9. The van der Waals surface area contributed by atoms with Crippen LogP contribution < -0.4 is 9.64 Å². The van der Waals surface area contributed by atoms with Crippen LogP contribution in [0.1, 0.15) is 26.3 Å². The van der Waals surface area contributed by atoms with Crippen molar-refractivity contribution >= 4 is 15.5 Å². The smallest absolute Gasteiger partial charge is 0.200 e. The minimum atomic E-state index is -3.45. The molecule has 0 bridgehead atoms. The second kappa shape index (κ2) is 8.28. The first-order valence-electron chi connectivity index (χ1n) is 9.62. The van der Waals surface area contributed by atoms with E-state index >= 15 is 0 Å². The van der Waals surface area contributed by atoms with Gasteiger partial charge < -0.3 is 9.64 Å². The number of aromatic nitrogens is 1. The predicted molar refractivity (Wildman–Crippen MR) is 112 cm³/mol. The number of piperazine rings is 1. The molecule has 6 nitrogen and oxygen atoms in total. The van der Waals surface area contributed by atoms with Crippen LogP contribution in [0.5, 0.6) is 5.75 Å². The topological polar surface area (TPSA) is 62.7 Å². The van der Waals surface area contributed by atoms with Crippen LogP contribution >= 0.6 is 0 Å². The van der Waals surface area contributed by atoms with Gasteiger partial charge in [0, 0.05) is 32.7 Å². The number of anilines is 1. The summed E-state index contributed by atoms with van der Waals surface area (Å²) in [6, 6.07) is 8.46. The Morgan fingerprint density at radius 3 is 2.31 bits per heavy atom. The molecule has 1 fully saturated rings. The van der Waals surface area contributed by atoms with Gasteiger partial charge >= 0.3 is 0 Å². The largest absolute Gasteiger partial charge is 0.494 e. The summed E-state index contributed by atoms with van der Waals surface area (Å²) in [7, 11) is -2.00. The zero-order chi connectivity index (χ0) is 21.2. The molecule has 1 aliphatic rings. The molecule has 3 rings (SSSR count). The summed E-state index contributed by atoms with van der Waals surface area (Å²) in [5.41, 5.74) is 1.82. The standard InChI is InChI=1S/C21H28FN3O3S/c1-21(2,3)29(26,27)20-8-6-17(14-23-20)25-11-9-24(10-12-25)15-16-5-7-19(28-4)18(22)13-16/h5-8,13-14H,9-12,15H2,1-4H3. The highest BCUT2D eigenvalue weighted by Crippen LogP contribution is 2.25. The van der Waals surface area contributed by atoms with Gasteiger partial charge in [0.1, 0.15) is 0 Å². The Morgan fingerprint density at radius 2 is 1.79 bits per heavy atom. The van der Waals surface area contributed by atoms with E-state index in [9.17, 15) is 12.8 Å². The molecule has 0 unspecified atom stereocenters. The summed E-state index contributed by atoms with van der Waals surface area (Å²) in [6.07, 6.45) is 1.63. The lowest BCUT2D eigenvalue weighted by molar-refractivity contribution is 0.249. The van der Waals surface area contributed by atoms with Crippen LogP contribution in [-0.2, 0) is 16.4 Å². The number of halogens is 1. The molecular formula is C21H28FN3O3S. The third-order valence-corrected chi connectivity index (χ3v) is 7.57. The molecule has 0 saturated carbocycles. The highest BCUT2D eigenvalue weighted by Gasteiger charge is 2.32. The van der Waals surface area contributed by atoms with Gasteiger partial charge in [-0.05, 0) is 50.6 Å². The Morgan fingerprint density at radius 1 is 1.10 bits per heavy atom. The van der Waals surface area contributed by atoms with Gasteiger partial charge in [0.2, 0.25) is 0 Å². The van der Waals surface area contributed by atoms with Crippen LogP contribution in [0.15, 0.2) is 41.6 Å². The Labute approximate surface area is 172 Å². The number of rotatable bonds is 5. The number of benzene rings is 1. The summed E-state index contributed by atoms with van der Waals surface area (Å²) in [4.78, 5) is 8.66. The number of methoxy groups -OCH3 is 1. The minimum Gasteiger partial charge on any atom is -0.494 e. The van der Waals surface area contributed by atoms with E-state index < -0.39 is 14.6 Å². The van der Waals surface area contributed by atoms with E-state index in [-0.39, 0.29) is 16.6 Å². The van der Waals surface area contributed by atoms with Crippen molar-refractivity contribution < 1.29 is 17.5 Å². The van der Waals surface area contributed by atoms with Crippen molar-refractivity contribution in [2.45, 2.75) is 37.1 Å². The van der Waals surface area contributed by atoms with E-state index in [1.807, 2.05) is 12.1 Å². The van der Waals surface area contributed by atoms with Crippen molar-refractivity contribution in [2.75, 3.05) is 38.2 Å². The fourth-order valence-electron chi connectivity index (χ4n) is 3.26. The summed E-state index contributed by atoms with van der Waals surface area (Å²) >= 11 is 0. The summed E-state index contributed by atoms with van der Waals surface area (Å²) in [5, 5.41) is 0.105. The minimum absolute atomic E-state index is 0.105. The van der Waals surface area contributed by atoms with E-state index in [1.165, 1.54) is 13.2 Å². The lowest BCUT2D eigenvalue weighted by Gasteiger charge is -2.36. The molecule has 0 atom stereocenters. The van der Waals surface area contributed by atoms with Crippen LogP contribution in [-0.4, -0.2) is 56.3 Å². The first kappa shape index (κ1) is 21.5. The van der Waals surface area contributed by atoms with Crippen molar-refractivity contribution in [1.82, 2.24) is 9.88 Å². The first-order valence-corrected chi connectivity index (χ1v) is 11.1. The van der Waals surface area contributed by atoms with Gasteiger partial charge in [-0.15, -0.1) is 0 Å². The molecule has 1 aromatic carbocycles. The van der Waals surface area contributed by atoms with E-state index in [4.69, 9.17) is 4.74 Å². The highest BCUT2D eigenvalue weighted by atomic mass is 32.2. The second-order valence-corrected chi connectivity index (χ2v) is 10.9. The van der Waals surface area contributed by atoms with Gasteiger partial charge in [-0.3, -0.25) is 4.90 Å². The fourth-order valence-corrected chi connectivity index (χ4v) is 4.33. The van der Waals surface area contributed by atoms with Crippen LogP contribution in [0, 0.1) is 5.82 Å². The molecule has 1 saturated heterocycles. The lowest BCUT2D eigenvalue weighted by atomic mass is 10.1. The Kier molecular flexibility index (Phi) is 6.14. The number of hydrogen-bond donors (Lipinski definition) is 0. The normalized spacial score (nSPS) is 16.1. The van der Waals surface area contributed by atoms with Gasteiger partial charge in [0.15, 0.2) is 26.4 Å². The molecule has 1 aromatic heterocycles. The van der Waals surface area contributed by atoms with Crippen LogP contribution in [0.4, 0.5) is 10.1 Å². The Hall–Kier alpha value is -2.19. The van der Waals surface area contributed by atoms with Crippen LogP contribution in [0.3, 0.4) is 0 Å². The molecule has 0 spiro atoms. The second-order valence-electron chi connectivity index (χ2n) is 8.20. The molecular weight excluding hydrogens is 393 g/mol. The maximum atomic E-state index is 13.9. The van der Waals surface area contributed by atoms with E-state index in [0.29, 0.717) is 6.54 Å². The summed E-state index contributed by atoms with van der Waals surface area (Å²) < 4.78 is 43.0. The zero-order valence-electron chi connectivity index (χ0n) is 17.4. The quantitative estimate of drug-likeness (QED) is 0.739. The van der Waals surface area contributed by atoms with Crippen molar-refractivity contribution in [2.24, 2.45) is 0 Å². The van der Waals surface area contributed by atoms with E-state index in [2.05, 4.69) is 14.8 Å². The molecule has 0 N–H and O–H groups in total. The molecule has 1 aliphatic heterocycles. The average Bonchev–Trinajstić information content (AvgIpc) is 2.68. The SMILES string of the molecule is COc1ccc(CN2CCN(c3ccc(S(=O)(=O)C(C)(C)C)nc3)CC2)cc1F. The third-order valence-electron chi connectivity index (χ3n) is 5.16. The Bertz CT molecular complexity index is 948. The third kappa shape index (κ3) is 4.70. The van der Waals surface area contributed by atoms with Crippen molar-refractivity contribution in [1.29, 1.82) is 0 Å². The molecule has 0 amide bonds. The fraction of sp³-hybridized carbons (Fsp3) is 0.476. The summed E-state index contributed by atoms with van der Waals surface area (Å²) in [6.45, 7) is 8.95. The molecule has 2 heterocycles. The van der Waals surface area contributed by atoms with Gasteiger partial charge in [-0.25, -0.2) is 17.8 Å². The van der Waals surface area contributed by atoms with Gasteiger partial charge in [0.05, 0.1) is 23.7 Å². The van der Waals surface area contributed by atoms with Gasteiger partial charge in [-0.2, -0.15) is 0 Å². The number of sulfone groups is 1. The molecule has 29 heavy (non-hydrogen) atoms. The molecule has 158 valence electrons. The highest BCUT2D eigenvalue weighted by molar-refractivity contribution is 7.92. The Balaban J connectivity index is 1.60. The average molecular weight is 422 g/mol. The maximum Gasteiger partial charge on any atom is 0.200 e. The van der Waals surface area contributed by atoms with Crippen LogP contribution in [0.25, 0.3) is 0 Å². The zero-order valence-corrected chi connectivity index (χ0v) is 18.2. The number of nitrogens with zero attached hydrogens (tertiary/aromatic N) is 3. The number of hydrogen-bond acceptors (Lipinski definition) is 6. The van der Waals surface area contributed by atoms with E-state index in [0.717, 1.165) is 37.4 Å². The molecule has 2 aromatic rings. The van der Waals surface area contributed by atoms with Gasteiger partial charge in [0.25, 0.3) is 0 Å². The van der Waals surface area contributed by atoms with Crippen molar-refractivity contribution in [3.63, 3.8) is 0 Å². The van der Waals surface area contributed by atoms with E-state index in [1.54, 1.807) is 39.1 Å². The lowest BCUT2D eigenvalue weighted by Crippen LogP contribution is -2.46. The number of pyridine rings is 1. The predicted octanol–water partition coefficient (Wildman–Crippen LogP) is 3.12. The summed E-state index contributed by atoms with van der Waals surface area (Å²) in [5.74, 6) is -0.0944. The molecule has 0 radical (unpaired) electrons. The molecule has 8 heteroatoms. The van der Waals surface area contributed by atoms with Crippen LogP contribution in [0.2, 0.25) is 0 Å².